The van der Waals surface area contributed by atoms with Crippen LogP contribution in [-0.2, 0) is 10.0 Å². The molecule has 1 aromatic rings. The molecular weight excluding hydrogens is 255 g/mol. The number of hydrogen-bond acceptors (Lipinski definition) is 2. The Labute approximate surface area is 97.9 Å². The summed E-state index contributed by atoms with van der Waals surface area (Å²) in [5, 5.41) is 0. The zero-order valence-corrected chi connectivity index (χ0v) is 10.1. The Morgan fingerprint density at radius 3 is 2.24 bits per heavy atom. The lowest BCUT2D eigenvalue weighted by molar-refractivity contribution is -0.134. The van der Waals surface area contributed by atoms with Crippen molar-refractivity contribution >= 4 is 10.0 Å². The van der Waals surface area contributed by atoms with Gasteiger partial charge in [0.25, 0.3) is 0 Å². The standard InChI is InChI=1S/C10H12F3NO2S/c1-8-5-3-4-6-9(8)17(15,16)14(2)7-10(11,12)13/h3-6H,7H2,1-2H3. The lowest BCUT2D eigenvalue weighted by atomic mass is 10.2. The molecule has 1 aromatic carbocycles. The maximum Gasteiger partial charge on any atom is 0.402 e. The molecule has 0 aliphatic rings. The van der Waals surface area contributed by atoms with Gasteiger partial charge in [-0.15, -0.1) is 0 Å². The second-order valence-electron chi connectivity index (χ2n) is 3.64. The Morgan fingerprint density at radius 2 is 1.76 bits per heavy atom. The lowest BCUT2D eigenvalue weighted by Gasteiger charge is -2.19. The highest BCUT2D eigenvalue weighted by atomic mass is 32.2. The van der Waals surface area contributed by atoms with E-state index in [-0.39, 0.29) is 4.90 Å². The van der Waals surface area contributed by atoms with Crippen LogP contribution in [0.1, 0.15) is 5.56 Å². The summed E-state index contributed by atoms with van der Waals surface area (Å²) < 4.78 is 60.5. The molecule has 0 saturated carbocycles. The fourth-order valence-corrected chi connectivity index (χ4v) is 2.73. The minimum absolute atomic E-state index is 0.105. The summed E-state index contributed by atoms with van der Waals surface area (Å²) in [4.78, 5) is -0.105. The summed E-state index contributed by atoms with van der Waals surface area (Å²) in [6, 6.07) is 5.92. The van der Waals surface area contributed by atoms with Crippen LogP contribution in [-0.4, -0.2) is 32.5 Å². The first-order chi connectivity index (χ1) is 7.64. The quantitative estimate of drug-likeness (QED) is 0.841. The Hall–Kier alpha value is -1.08. The molecule has 17 heavy (non-hydrogen) atoms. The highest BCUT2D eigenvalue weighted by molar-refractivity contribution is 7.89. The first kappa shape index (κ1) is 14.0. The summed E-state index contributed by atoms with van der Waals surface area (Å²) in [6.45, 7) is 0.0397. The summed E-state index contributed by atoms with van der Waals surface area (Å²) in [6.07, 6.45) is -4.55. The predicted octanol–water partition coefficient (Wildman–Crippen LogP) is 2.18. The largest absolute Gasteiger partial charge is 0.402 e. The molecule has 3 nitrogen and oxygen atoms in total. The predicted molar refractivity (Wildman–Crippen MR) is 57.0 cm³/mol. The molecule has 0 fully saturated rings. The Morgan fingerprint density at radius 1 is 1.24 bits per heavy atom. The lowest BCUT2D eigenvalue weighted by Crippen LogP contribution is -2.36. The van der Waals surface area contributed by atoms with Crippen LogP contribution >= 0.6 is 0 Å². The maximum absolute atomic E-state index is 12.1. The average molecular weight is 267 g/mol. The van der Waals surface area contributed by atoms with Gasteiger partial charge in [-0.3, -0.25) is 0 Å². The number of sulfonamides is 1. The maximum atomic E-state index is 12.1. The van der Waals surface area contributed by atoms with E-state index in [1.807, 2.05) is 0 Å². The third kappa shape index (κ3) is 3.44. The molecule has 0 aliphatic carbocycles. The van der Waals surface area contributed by atoms with E-state index in [0.29, 0.717) is 9.87 Å². The summed E-state index contributed by atoms with van der Waals surface area (Å²) in [5.74, 6) is 0. The van der Waals surface area contributed by atoms with E-state index in [1.165, 1.54) is 25.1 Å². The van der Waals surface area contributed by atoms with Gasteiger partial charge in [0.05, 0.1) is 4.90 Å². The molecule has 7 heteroatoms. The monoisotopic (exact) mass is 267 g/mol. The van der Waals surface area contributed by atoms with Gasteiger partial charge in [0.1, 0.15) is 6.54 Å². The molecule has 0 unspecified atom stereocenters. The van der Waals surface area contributed by atoms with E-state index < -0.39 is 22.7 Å². The van der Waals surface area contributed by atoms with Gasteiger partial charge in [0.15, 0.2) is 0 Å². The number of nitrogens with zero attached hydrogens (tertiary/aromatic N) is 1. The number of halogens is 3. The Balaban J connectivity index is 3.09. The minimum atomic E-state index is -4.55. The van der Waals surface area contributed by atoms with Crippen molar-refractivity contribution in [2.75, 3.05) is 13.6 Å². The van der Waals surface area contributed by atoms with Crippen molar-refractivity contribution < 1.29 is 21.6 Å². The van der Waals surface area contributed by atoms with Crippen LogP contribution < -0.4 is 0 Å². The Bertz CT molecular complexity index is 497. The number of rotatable bonds is 3. The highest BCUT2D eigenvalue weighted by Gasteiger charge is 2.35. The van der Waals surface area contributed by atoms with Crippen LogP contribution in [0.3, 0.4) is 0 Å². The molecular formula is C10H12F3NO2S. The van der Waals surface area contributed by atoms with Crippen LogP contribution in [0.15, 0.2) is 29.2 Å². The topological polar surface area (TPSA) is 37.4 Å². The molecule has 0 heterocycles. The first-order valence-corrected chi connectivity index (χ1v) is 6.17. The molecule has 0 radical (unpaired) electrons. The van der Waals surface area contributed by atoms with Crippen molar-refractivity contribution in [3.8, 4) is 0 Å². The van der Waals surface area contributed by atoms with E-state index >= 15 is 0 Å². The highest BCUT2D eigenvalue weighted by Crippen LogP contribution is 2.22. The minimum Gasteiger partial charge on any atom is -0.207 e. The SMILES string of the molecule is Cc1ccccc1S(=O)(=O)N(C)CC(F)(F)F. The molecule has 0 aliphatic heterocycles. The van der Waals surface area contributed by atoms with Crippen LogP contribution in [0.25, 0.3) is 0 Å². The molecule has 0 bridgehead atoms. The van der Waals surface area contributed by atoms with Gasteiger partial charge in [0.2, 0.25) is 10.0 Å². The number of hydrogen-bond donors (Lipinski definition) is 0. The fraction of sp³-hybridized carbons (Fsp3) is 0.400. The summed E-state index contributed by atoms with van der Waals surface area (Å²) >= 11 is 0. The van der Waals surface area contributed by atoms with E-state index in [9.17, 15) is 21.6 Å². The summed E-state index contributed by atoms with van der Waals surface area (Å²) in [7, 11) is -3.18. The van der Waals surface area contributed by atoms with Gasteiger partial charge >= 0.3 is 6.18 Å². The van der Waals surface area contributed by atoms with Crippen molar-refractivity contribution in [1.29, 1.82) is 0 Å². The molecule has 96 valence electrons. The van der Waals surface area contributed by atoms with E-state index in [0.717, 1.165) is 7.05 Å². The zero-order valence-electron chi connectivity index (χ0n) is 9.32. The Kier molecular flexibility index (Phi) is 3.83. The van der Waals surface area contributed by atoms with Crippen molar-refractivity contribution in [1.82, 2.24) is 4.31 Å². The van der Waals surface area contributed by atoms with Crippen molar-refractivity contribution in [3.05, 3.63) is 29.8 Å². The number of benzene rings is 1. The van der Waals surface area contributed by atoms with Crippen LogP contribution in [0, 0.1) is 6.92 Å². The third-order valence-electron chi connectivity index (χ3n) is 2.18. The van der Waals surface area contributed by atoms with Gasteiger partial charge in [-0.25, -0.2) is 8.42 Å². The molecule has 1 rings (SSSR count). The second-order valence-corrected chi connectivity index (χ2v) is 5.66. The molecule has 0 saturated heterocycles. The van der Waals surface area contributed by atoms with Crippen LogP contribution in [0.2, 0.25) is 0 Å². The molecule has 0 spiro atoms. The number of alkyl halides is 3. The van der Waals surface area contributed by atoms with Gasteiger partial charge in [-0.2, -0.15) is 17.5 Å². The van der Waals surface area contributed by atoms with E-state index in [2.05, 4.69) is 0 Å². The van der Waals surface area contributed by atoms with Gasteiger partial charge in [-0.1, -0.05) is 18.2 Å². The van der Waals surface area contributed by atoms with Crippen molar-refractivity contribution in [3.63, 3.8) is 0 Å². The van der Waals surface area contributed by atoms with Gasteiger partial charge < -0.3 is 0 Å². The summed E-state index contributed by atoms with van der Waals surface area (Å²) in [5.41, 5.74) is 0.418. The average Bonchev–Trinajstić information content (AvgIpc) is 2.15. The van der Waals surface area contributed by atoms with Crippen molar-refractivity contribution in [2.45, 2.75) is 18.0 Å². The zero-order chi connectivity index (χ0) is 13.3. The molecule has 0 amide bonds. The van der Waals surface area contributed by atoms with E-state index in [4.69, 9.17) is 0 Å². The van der Waals surface area contributed by atoms with Crippen molar-refractivity contribution in [2.24, 2.45) is 0 Å². The molecule has 0 N–H and O–H groups in total. The van der Waals surface area contributed by atoms with E-state index in [1.54, 1.807) is 6.07 Å². The third-order valence-corrected chi connectivity index (χ3v) is 4.15. The van der Waals surface area contributed by atoms with Gasteiger partial charge in [0, 0.05) is 7.05 Å². The number of aryl methyl sites for hydroxylation is 1. The van der Waals surface area contributed by atoms with Crippen LogP contribution in [0.5, 0.6) is 0 Å². The fourth-order valence-electron chi connectivity index (χ4n) is 1.35. The van der Waals surface area contributed by atoms with Crippen LogP contribution in [0.4, 0.5) is 13.2 Å². The second kappa shape index (κ2) is 4.66. The first-order valence-electron chi connectivity index (χ1n) is 4.73. The normalized spacial score (nSPS) is 13.1. The smallest absolute Gasteiger partial charge is 0.207 e. The molecule has 0 aromatic heterocycles. The van der Waals surface area contributed by atoms with Gasteiger partial charge in [-0.05, 0) is 18.6 Å². The molecule has 0 atom stereocenters.